The van der Waals surface area contributed by atoms with Crippen LogP contribution >= 0.6 is 0 Å². The zero-order chi connectivity index (χ0) is 16.6. The molecule has 0 aromatic carbocycles. The fourth-order valence-corrected chi connectivity index (χ4v) is 7.62. The molecule has 23 heavy (non-hydrogen) atoms. The summed E-state index contributed by atoms with van der Waals surface area (Å²) >= 11 is 0. The third-order valence-corrected chi connectivity index (χ3v) is 8.48. The van der Waals surface area contributed by atoms with E-state index < -0.39 is 0 Å². The minimum Gasteiger partial charge on any atom is -0.393 e. The molecule has 4 aliphatic rings. The highest BCUT2D eigenvalue weighted by molar-refractivity contribution is 5.97. The number of fused-ring (bicyclic) bond motifs is 5. The fraction of sp³-hybridized carbons (Fsp3) is 0.900. The first-order valence-electron chi connectivity index (χ1n) is 9.46. The number of hydrogen-bond acceptors (Lipinski definition) is 3. The van der Waals surface area contributed by atoms with Gasteiger partial charge in [-0.1, -0.05) is 34.1 Å². The molecule has 1 aliphatic heterocycles. The standard InChI is InChI=1S/C20H30O3/c1-18(2)9-5-10-19(3)13(18)8-11-20(4)14(19)7-6-12-15(20)17(22)23-16(12)21/h12-15H,5-11H2,1-4H3/t12-,13?,14?,15+,19+,20-/m1/s1. The Labute approximate surface area is 139 Å². The van der Waals surface area contributed by atoms with Gasteiger partial charge in [0.05, 0.1) is 11.8 Å². The summed E-state index contributed by atoms with van der Waals surface area (Å²) in [7, 11) is 0. The predicted molar refractivity (Wildman–Crippen MR) is 87.4 cm³/mol. The molecule has 3 aliphatic carbocycles. The molecule has 0 aromatic rings. The molecule has 0 bridgehead atoms. The van der Waals surface area contributed by atoms with Crippen LogP contribution in [0.2, 0.25) is 0 Å². The van der Waals surface area contributed by atoms with Crippen LogP contribution in [0.4, 0.5) is 0 Å². The normalized spacial score (nSPS) is 51.5. The molecule has 4 fully saturated rings. The van der Waals surface area contributed by atoms with E-state index in [4.69, 9.17) is 4.74 Å². The molecule has 6 atom stereocenters. The highest BCUT2D eigenvalue weighted by Crippen LogP contribution is 2.69. The zero-order valence-corrected chi connectivity index (χ0v) is 15.0. The van der Waals surface area contributed by atoms with Crippen LogP contribution in [0.25, 0.3) is 0 Å². The molecule has 1 saturated heterocycles. The van der Waals surface area contributed by atoms with Crippen molar-refractivity contribution in [1.82, 2.24) is 0 Å². The van der Waals surface area contributed by atoms with Gasteiger partial charge in [0, 0.05) is 0 Å². The lowest BCUT2D eigenvalue weighted by atomic mass is 9.39. The van der Waals surface area contributed by atoms with Gasteiger partial charge in [-0.15, -0.1) is 0 Å². The summed E-state index contributed by atoms with van der Waals surface area (Å²) in [6.07, 6.45) is 8.10. The van der Waals surface area contributed by atoms with E-state index in [1.807, 2.05) is 0 Å². The van der Waals surface area contributed by atoms with Crippen molar-refractivity contribution >= 4 is 11.9 Å². The van der Waals surface area contributed by atoms with Crippen molar-refractivity contribution in [1.29, 1.82) is 0 Å². The zero-order valence-electron chi connectivity index (χ0n) is 15.0. The van der Waals surface area contributed by atoms with Crippen LogP contribution in [0.15, 0.2) is 0 Å². The molecule has 0 radical (unpaired) electrons. The first kappa shape index (κ1) is 15.7. The smallest absolute Gasteiger partial charge is 0.318 e. The average molecular weight is 318 g/mol. The van der Waals surface area contributed by atoms with Crippen LogP contribution in [0.3, 0.4) is 0 Å². The number of cyclic esters (lactones) is 2. The minimum atomic E-state index is -0.254. The molecule has 3 nitrogen and oxygen atoms in total. The highest BCUT2D eigenvalue weighted by Gasteiger charge is 2.66. The van der Waals surface area contributed by atoms with E-state index in [-0.39, 0.29) is 29.2 Å². The van der Waals surface area contributed by atoms with Crippen LogP contribution in [-0.2, 0) is 14.3 Å². The molecule has 4 rings (SSSR count). The predicted octanol–water partition coefficient (Wildman–Crippen LogP) is 4.34. The number of esters is 2. The number of carbonyl (C=O) groups is 2. The Hall–Kier alpha value is -0.860. The monoisotopic (exact) mass is 318 g/mol. The summed E-state index contributed by atoms with van der Waals surface area (Å²) in [4.78, 5) is 24.5. The van der Waals surface area contributed by atoms with E-state index in [1.165, 1.54) is 25.7 Å². The second-order valence-electron chi connectivity index (χ2n) is 9.90. The summed E-state index contributed by atoms with van der Waals surface area (Å²) in [6.45, 7) is 9.66. The van der Waals surface area contributed by atoms with Crippen molar-refractivity contribution in [3.63, 3.8) is 0 Å². The van der Waals surface area contributed by atoms with Gasteiger partial charge in [-0.25, -0.2) is 0 Å². The second-order valence-corrected chi connectivity index (χ2v) is 9.90. The molecule has 1 heterocycles. The Morgan fingerprint density at radius 1 is 0.826 bits per heavy atom. The Bertz CT molecular complexity index is 565. The van der Waals surface area contributed by atoms with Gasteiger partial charge in [0.2, 0.25) is 0 Å². The number of ether oxygens (including phenoxy) is 1. The minimum absolute atomic E-state index is 0.0508. The maximum absolute atomic E-state index is 12.4. The van der Waals surface area contributed by atoms with E-state index in [0.29, 0.717) is 16.7 Å². The van der Waals surface area contributed by atoms with E-state index in [2.05, 4.69) is 27.7 Å². The van der Waals surface area contributed by atoms with Gasteiger partial charge in [0.25, 0.3) is 0 Å². The largest absolute Gasteiger partial charge is 0.393 e. The number of carbonyl (C=O) groups excluding carboxylic acids is 2. The molecule has 3 saturated carbocycles. The van der Waals surface area contributed by atoms with E-state index >= 15 is 0 Å². The number of rotatable bonds is 0. The van der Waals surface area contributed by atoms with Crippen molar-refractivity contribution in [2.45, 2.75) is 72.6 Å². The van der Waals surface area contributed by atoms with Gasteiger partial charge in [-0.3, -0.25) is 9.59 Å². The van der Waals surface area contributed by atoms with Crippen LogP contribution in [0, 0.1) is 39.9 Å². The lowest BCUT2D eigenvalue weighted by Crippen LogP contribution is -2.59. The molecule has 0 N–H and O–H groups in total. The van der Waals surface area contributed by atoms with Crippen molar-refractivity contribution in [2.24, 2.45) is 39.9 Å². The van der Waals surface area contributed by atoms with Crippen LogP contribution in [-0.4, -0.2) is 11.9 Å². The summed E-state index contributed by atoms with van der Waals surface area (Å²) in [5, 5.41) is 0. The van der Waals surface area contributed by atoms with Gasteiger partial charge >= 0.3 is 11.9 Å². The molecule has 2 unspecified atom stereocenters. The topological polar surface area (TPSA) is 43.4 Å². The Morgan fingerprint density at radius 3 is 2.30 bits per heavy atom. The second kappa shape index (κ2) is 4.61. The molecular weight excluding hydrogens is 288 g/mol. The van der Waals surface area contributed by atoms with Gasteiger partial charge in [-0.05, 0) is 66.6 Å². The van der Waals surface area contributed by atoms with E-state index in [1.54, 1.807) is 0 Å². The molecule has 3 heteroatoms. The lowest BCUT2D eigenvalue weighted by molar-refractivity contribution is -0.177. The van der Waals surface area contributed by atoms with Crippen molar-refractivity contribution in [3.05, 3.63) is 0 Å². The van der Waals surface area contributed by atoms with Crippen molar-refractivity contribution in [3.8, 4) is 0 Å². The van der Waals surface area contributed by atoms with E-state index in [9.17, 15) is 9.59 Å². The highest BCUT2D eigenvalue weighted by atomic mass is 16.6. The average Bonchev–Trinajstić information content (AvgIpc) is 2.73. The first-order chi connectivity index (χ1) is 10.7. The maximum Gasteiger partial charge on any atom is 0.318 e. The fourth-order valence-electron chi connectivity index (χ4n) is 7.62. The third kappa shape index (κ3) is 1.88. The molecule has 0 spiro atoms. The van der Waals surface area contributed by atoms with E-state index in [0.717, 1.165) is 25.2 Å². The lowest BCUT2D eigenvalue weighted by Gasteiger charge is -2.65. The van der Waals surface area contributed by atoms with Gasteiger partial charge in [-0.2, -0.15) is 0 Å². The molecule has 128 valence electrons. The Morgan fingerprint density at radius 2 is 1.57 bits per heavy atom. The third-order valence-electron chi connectivity index (χ3n) is 8.48. The van der Waals surface area contributed by atoms with Crippen molar-refractivity contribution in [2.75, 3.05) is 0 Å². The van der Waals surface area contributed by atoms with Gasteiger partial charge in [0.1, 0.15) is 0 Å². The Kier molecular flexibility index (Phi) is 3.14. The van der Waals surface area contributed by atoms with Crippen LogP contribution in [0.5, 0.6) is 0 Å². The molecule has 0 aromatic heterocycles. The van der Waals surface area contributed by atoms with Crippen molar-refractivity contribution < 1.29 is 14.3 Å². The summed E-state index contributed by atoms with van der Waals surface area (Å²) < 4.78 is 5.05. The van der Waals surface area contributed by atoms with Gasteiger partial charge < -0.3 is 4.74 Å². The summed E-state index contributed by atoms with van der Waals surface area (Å²) in [6, 6.07) is 0. The SMILES string of the molecule is CC1(C)CCC[C@@]2(C)C1CC[C@]1(C)C2CC[C@H]2C(=O)OC(=O)[C@H]21. The molecular formula is C20H30O3. The molecule has 0 amide bonds. The first-order valence-corrected chi connectivity index (χ1v) is 9.46. The quantitative estimate of drug-likeness (QED) is 0.493. The maximum atomic E-state index is 12.4. The Balaban J connectivity index is 1.75. The van der Waals surface area contributed by atoms with Crippen LogP contribution < -0.4 is 0 Å². The summed E-state index contributed by atoms with van der Waals surface area (Å²) in [5.41, 5.74) is 0.660. The number of hydrogen-bond donors (Lipinski definition) is 0. The summed E-state index contributed by atoms with van der Waals surface area (Å²) in [5.74, 6) is 0.455. The van der Waals surface area contributed by atoms with Crippen LogP contribution in [0.1, 0.15) is 72.6 Å². The van der Waals surface area contributed by atoms with Gasteiger partial charge in [0.15, 0.2) is 0 Å².